The zero-order valence-corrected chi connectivity index (χ0v) is 20.5. The van der Waals surface area contributed by atoms with E-state index in [1.807, 2.05) is 0 Å². The second-order valence-electron chi connectivity index (χ2n) is 7.89. The van der Waals surface area contributed by atoms with Crippen LogP contribution in [0.25, 0.3) is 0 Å². The van der Waals surface area contributed by atoms with Gasteiger partial charge in [0, 0.05) is 21.3 Å². The molecule has 37 heavy (non-hydrogen) atoms. The quantitative estimate of drug-likeness (QED) is 0.223. The van der Waals surface area contributed by atoms with Crippen molar-refractivity contribution in [2.45, 2.75) is 18.2 Å². The smallest absolute Gasteiger partial charge is 0.394 e. The lowest BCUT2D eigenvalue weighted by molar-refractivity contribution is -0.275. The van der Waals surface area contributed by atoms with Crippen molar-refractivity contribution in [1.82, 2.24) is 0 Å². The van der Waals surface area contributed by atoms with Crippen LogP contribution >= 0.6 is 34.8 Å². The van der Waals surface area contributed by atoms with E-state index in [0.29, 0.717) is 0 Å². The number of nitrogens with two attached hydrogens (primary N) is 1. The van der Waals surface area contributed by atoms with Crippen molar-refractivity contribution in [1.29, 1.82) is 0 Å². The molecular weight excluding hydrogens is 566 g/mol. The van der Waals surface area contributed by atoms with Gasteiger partial charge in [0.25, 0.3) is 11.5 Å². The first kappa shape index (κ1) is 26.8. The predicted octanol–water partition coefficient (Wildman–Crippen LogP) is 7.36. The van der Waals surface area contributed by atoms with Crippen LogP contribution in [0.4, 0.5) is 39.0 Å². The maximum Gasteiger partial charge on any atom is 0.435 e. The van der Waals surface area contributed by atoms with Crippen LogP contribution in [-0.2, 0) is 10.4 Å². The number of rotatable bonds is 4. The molecule has 1 aliphatic heterocycles. The van der Waals surface area contributed by atoms with Gasteiger partial charge in [0.2, 0.25) is 0 Å². The summed E-state index contributed by atoms with van der Waals surface area (Å²) in [6.07, 6.45) is -5.67. The summed E-state index contributed by atoms with van der Waals surface area (Å²) in [7, 11) is 0. The topological polar surface area (TPSA) is 88.7 Å². The number of anilines is 3. The molecule has 0 saturated heterocycles. The monoisotopic (exact) mass is 578 g/mol. The summed E-state index contributed by atoms with van der Waals surface area (Å²) in [5.41, 5.74) is 0.848. The highest BCUT2D eigenvalue weighted by Crippen LogP contribution is 2.49. The third-order valence-electron chi connectivity index (χ3n) is 5.39. The van der Waals surface area contributed by atoms with Crippen LogP contribution in [0.5, 0.6) is 0 Å². The third kappa shape index (κ3) is 5.25. The molecule has 1 atom stereocenters. The lowest BCUT2D eigenvalue weighted by Gasteiger charge is -2.29. The highest BCUT2D eigenvalue weighted by Gasteiger charge is 2.62. The Kier molecular flexibility index (Phi) is 7.15. The van der Waals surface area contributed by atoms with Crippen LogP contribution < -0.4 is 16.4 Å². The lowest BCUT2D eigenvalue weighted by atomic mass is 9.89. The number of nitrogens with zero attached hydrogens (tertiary/aromatic N) is 1. The second-order valence-corrected chi connectivity index (χ2v) is 9.17. The van der Waals surface area contributed by atoms with Gasteiger partial charge in [-0.05, 0) is 48.5 Å². The van der Waals surface area contributed by atoms with Crippen molar-refractivity contribution in [3.05, 3.63) is 86.4 Å². The molecule has 0 saturated carbocycles. The average Bonchev–Trinajstić information content (AvgIpc) is 3.25. The normalized spacial score (nSPS) is 17.2. The van der Waals surface area contributed by atoms with E-state index in [0.717, 1.165) is 24.3 Å². The minimum atomic E-state index is -4.90. The van der Waals surface area contributed by atoms with E-state index < -0.39 is 47.1 Å². The Morgan fingerprint density at radius 1 is 1.03 bits per heavy atom. The van der Waals surface area contributed by atoms with Gasteiger partial charge in [-0.25, -0.2) is 8.78 Å². The van der Waals surface area contributed by atoms with Crippen LogP contribution in [-0.4, -0.2) is 17.9 Å². The number of carbonyl (C=O) groups is 1. The summed E-state index contributed by atoms with van der Waals surface area (Å²) in [4.78, 5) is 17.6. The van der Waals surface area contributed by atoms with Crippen molar-refractivity contribution in [3.8, 4) is 0 Å². The largest absolute Gasteiger partial charge is 0.435 e. The fourth-order valence-corrected chi connectivity index (χ4v) is 4.29. The molecule has 194 valence electrons. The maximum atomic E-state index is 14.2. The summed E-state index contributed by atoms with van der Waals surface area (Å²) in [6, 6.07) is 9.13. The first-order valence-corrected chi connectivity index (χ1v) is 11.3. The zero-order valence-electron chi connectivity index (χ0n) is 18.2. The van der Waals surface area contributed by atoms with E-state index in [9.17, 15) is 26.7 Å². The van der Waals surface area contributed by atoms with Crippen LogP contribution in [0, 0.1) is 11.6 Å². The Morgan fingerprint density at radius 3 is 2.35 bits per heavy atom. The Balaban J connectivity index is 1.57. The molecule has 1 heterocycles. The van der Waals surface area contributed by atoms with Gasteiger partial charge in [0.05, 0.1) is 22.7 Å². The number of amidine groups is 1. The van der Waals surface area contributed by atoms with Crippen LogP contribution in [0.1, 0.15) is 22.3 Å². The van der Waals surface area contributed by atoms with E-state index in [2.05, 4.69) is 15.8 Å². The fourth-order valence-electron chi connectivity index (χ4n) is 3.56. The van der Waals surface area contributed by atoms with Gasteiger partial charge < -0.3 is 21.2 Å². The van der Waals surface area contributed by atoms with Crippen LogP contribution in [0.3, 0.4) is 0 Å². The highest BCUT2D eigenvalue weighted by molar-refractivity contribution is 6.35. The molecule has 1 unspecified atom stereocenters. The van der Waals surface area contributed by atoms with Gasteiger partial charge in [0.15, 0.2) is 11.7 Å². The summed E-state index contributed by atoms with van der Waals surface area (Å²) in [5, 5.41) is 8.32. The molecular formula is C23H14Cl3F5N4O2. The summed E-state index contributed by atoms with van der Waals surface area (Å²) >= 11 is 17.9. The number of nitrogen functional groups attached to an aromatic ring is 1. The number of alkyl halides is 3. The number of hydrogen-bond donors (Lipinski definition) is 3. The molecule has 1 amide bonds. The van der Waals surface area contributed by atoms with E-state index >= 15 is 0 Å². The van der Waals surface area contributed by atoms with Crippen molar-refractivity contribution in [2.75, 3.05) is 16.4 Å². The highest BCUT2D eigenvalue weighted by atomic mass is 35.5. The van der Waals surface area contributed by atoms with Gasteiger partial charge in [-0.15, -0.1) is 0 Å². The molecule has 6 nitrogen and oxygen atoms in total. The van der Waals surface area contributed by atoms with Gasteiger partial charge in [0.1, 0.15) is 11.5 Å². The number of nitrogens with one attached hydrogen (secondary N) is 2. The number of oxime groups is 1. The molecule has 4 N–H and O–H groups in total. The molecule has 0 fully saturated rings. The molecule has 4 rings (SSSR count). The van der Waals surface area contributed by atoms with E-state index in [1.54, 1.807) is 0 Å². The number of halogens is 8. The molecule has 3 aromatic rings. The van der Waals surface area contributed by atoms with E-state index in [1.165, 1.54) is 24.3 Å². The summed E-state index contributed by atoms with van der Waals surface area (Å²) < 4.78 is 70.0. The molecule has 1 aliphatic rings. The molecule has 0 radical (unpaired) electrons. The molecule has 0 aromatic heterocycles. The maximum absolute atomic E-state index is 14.2. The number of benzene rings is 3. The average molecular weight is 580 g/mol. The molecule has 3 aromatic carbocycles. The minimum absolute atomic E-state index is 0.0242. The second kappa shape index (κ2) is 9.88. The first-order valence-electron chi connectivity index (χ1n) is 10.2. The molecule has 14 heteroatoms. The SMILES string of the molecule is Nc1c(F)ccc(NC(=O)c2cc(NC3=NOC(c4cc(Cl)cc(Cl)c4)(C(F)(F)F)C3)ccc2Cl)c1F. The summed E-state index contributed by atoms with van der Waals surface area (Å²) in [6.45, 7) is 0. The third-order valence-corrected chi connectivity index (χ3v) is 6.16. The van der Waals surface area contributed by atoms with Crippen molar-refractivity contribution >= 4 is 63.6 Å². The van der Waals surface area contributed by atoms with Gasteiger partial charge in [-0.1, -0.05) is 40.0 Å². The number of carbonyl (C=O) groups excluding carboxylic acids is 1. The Hall–Kier alpha value is -3.28. The fraction of sp³-hybridized carbons (Fsp3) is 0.130. The van der Waals surface area contributed by atoms with Gasteiger partial charge in [-0.2, -0.15) is 13.2 Å². The Morgan fingerprint density at radius 2 is 1.70 bits per heavy atom. The van der Waals surface area contributed by atoms with Crippen molar-refractivity contribution in [2.24, 2.45) is 5.16 Å². The zero-order chi connectivity index (χ0) is 27.1. The van der Waals surface area contributed by atoms with Gasteiger partial charge in [-0.3, -0.25) is 4.79 Å². The van der Waals surface area contributed by atoms with Crippen molar-refractivity contribution in [3.63, 3.8) is 0 Å². The Labute approximate surface area is 221 Å². The summed E-state index contributed by atoms with van der Waals surface area (Å²) in [5.74, 6) is -3.30. The number of amides is 1. The lowest BCUT2D eigenvalue weighted by Crippen LogP contribution is -2.43. The van der Waals surface area contributed by atoms with E-state index in [4.69, 9.17) is 45.4 Å². The van der Waals surface area contributed by atoms with Crippen molar-refractivity contribution < 1.29 is 31.6 Å². The minimum Gasteiger partial charge on any atom is -0.394 e. The molecule has 0 spiro atoms. The number of hydrogen-bond acceptors (Lipinski definition) is 5. The predicted molar refractivity (Wildman–Crippen MR) is 131 cm³/mol. The van der Waals surface area contributed by atoms with Crippen LogP contribution in [0.2, 0.25) is 15.1 Å². The first-order chi connectivity index (χ1) is 17.3. The standard InChI is InChI=1S/C23H14Cl3F5N4O2/c24-11-5-10(6-12(25)7-11)22(23(29,30)31)9-18(35-37-22)33-13-1-2-15(26)14(8-13)21(36)34-17-4-3-16(27)20(32)19(17)28/h1-8H,9,32H2,(H,33,35)(H,34,36). The van der Waals surface area contributed by atoms with Crippen LogP contribution in [0.15, 0.2) is 53.7 Å². The van der Waals surface area contributed by atoms with E-state index in [-0.39, 0.29) is 37.7 Å². The molecule has 0 aliphatic carbocycles. The van der Waals surface area contributed by atoms with Gasteiger partial charge >= 0.3 is 6.18 Å². The Bertz CT molecular complexity index is 1410. The molecule has 0 bridgehead atoms.